The first kappa shape index (κ1) is 38.6. The minimum atomic E-state index is -1.21. The van der Waals surface area contributed by atoms with Crippen molar-refractivity contribution in [2.75, 3.05) is 14.2 Å². The molecule has 0 aromatic heterocycles. The molecule has 14 heteroatoms. The fourth-order valence-corrected chi connectivity index (χ4v) is 6.89. The number of phenolic OH excluding ortho intramolecular Hbond substituents is 2. The van der Waals surface area contributed by atoms with Gasteiger partial charge in [0.1, 0.15) is 61.6 Å². The third-order valence-electron chi connectivity index (χ3n) is 9.54. The molecule has 5 rings (SSSR count). The number of ketones is 1. The van der Waals surface area contributed by atoms with Gasteiger partial charge in [0.05, 0.1) is 14.2 Å². The predicted octanol–water partition coefficient (Wildman–Crippen LogP) is 7.01. The Morgan fingerprint density at radius 1 is 0.717 bits per heavy atom. The molecular weight excluding hydrogens is 756 g/mol. The van der Waals surface area contributed by atoms with E-state index in [1.54, 1.807) is 27.7 Å². The summed E-state index contributed by atoms with van der Waals surface area (Å²) in [6.45, 7) is 9.38. The number of benzene rings is 3. The lowest BCUT2D eigenvalue weighted by Gasteiger charge is -2.23. The molecule has 0 aliphatic heterocycles. The van der Waals surface area contributed by atoms with E-state index in [9.17, 15) is 39.3 Å². The molecule has 0 heterocycles. The second-order valence-electron chi connectivity index (χ2n) is 12.9. The maximum absolute atomic E-state index is 13.8. The first-order chi connectivity index (χ1) is 24.9. The van der Waals surface area contributed by atoms with E-state index in [4.69, 9.17) is 23.7 Å². The molecule has 0 bridgehead atoms. The van der Waals surface area contributed by atoms with Crippen LogP contribution in [0.5, 0.6) is 34.5 Å². The Balaban J connectivity index is 1.46. The van der Waals surface area contributed by atoms with E-state index in [0.29, 0.717) is 35.1 Å². The van der Waals surface area contributed by atoms with E-state index in [-0.39, 0.29) is 78.3 Å². The highest BCUT2D eigenvalue weighted by Crippen LogP contribution is 2.51. The van der Waals surface area contributed by atoms with Gasteiger partial charge < -0.3 is 39.0 Å². The number of carbonyl (C=O) groups is 5. The van der Waals surface area contributed by atoms with Gasteiger partial charge in [0.2, 0.25) is 0 Å². The van der Waals surface area contributed by atoms with Gasteiger partial charge in [-0.05, 0) is 122 Å². The number of rotatable bonds is 10. The Labute approximate surface area is 312 Å². The molecule has 53 heavy (non-hydrogen) atoms. The predicted molar refractivity (Wildman–Crippen MR) is 192 cm³/mol. The van der Waals surface area contributed by atoms with Crippen LogP contribution in [-0.2, 0) is 14.3 Å². The zero-order valence-electron chi connectivity index (χ0n) is 30.2. The largest absolute Gasteiger partial charge is 0.507 e. The standard InChI is InChI=1S/C39H37BrO13/c1-15-11-22(41)13-24(49-7)27(15)37(46)53-35-20(6)19(5)30(34(43)32(35)40)39(48)52-26-12-16(2)28(33(42)31(26)21-9-10-21)38(47)51-23-14-25(50-8)29(36(44)45)18(4)17(23)3/h11-14,21,27,42-43H,9-10H2,1-8H3,(H,44,45). The molecule has 13 nitrogen and oxygen atoms in total. The number of aryl methyl sites for hydroxylation is 1. The molecule has 1 saturated carbocycles. The Morgan fingerprint density at radius 2 is 1.32 bits per heavy atom. The van der Waals surface area contributed by atoms with Crippen LogP contribution in [0, 0.1) is 40.5 Å². The molecule has 1 unspecified atom stereocenters. The Kier molecular flexibility index (Phi) is 10.8. The van der Waals surface area contributed by atoms with Crippen LogP contribution in [0.15, 0.2) is 40.1 Å². The zero-order valence-corrected chi connectivity index (χ0v) is 31.8. The number of aromatic carboxylic acids is 1. The van der Waals surface area contributed by atoms with Gasteiger partial charge in [-0.3, -0.25) is 9.59 Å². The van der Waals surface area contributed by atoms with E-state index in [1.165, 1.54) is 52.4 Å². The van der Waals surface area contributed by atoms with E-state index in [1.807, 2.05) is 0 Å². The average molecular weight is 794 g/mol. The van der Waals surface area contributed by atoms with Gasteiger partial charge in [-0.2, -0.15) is 0 Å². The van der Waals surface area contributed by atoms with Crippen LogP contribution in [0.1, 0.15) is 90.1 Å². The van der Waals surface area contributed by atoms with Crippen LogP contribution in [0.25, 0.3) is 0 Å². The number of aromatic hydroxyl groups is 2. The van der Waals surface area contributed by atoms with Gasteiger partial charge in [0.25, 0.3) is 0 Å². The molecule has 0 radical (unpaired) electrons. The molecule has 3 aromatic carbocycles. The van der Waals surface area contributed by atoms with Gasteiger partial charge in [-0.25, -0.2) is 14.4 Å². The van der Waals surface area contributed by atoms with Crippen LogP contribution < -0.4 is 18.9 Å². The quantitative estimate of drug-likeness (QED) is 0.140. The molecule has 2 aliphatic rings. The second-order valence-corrected chi connectivity index (χ2v) is 13.7. The Hall–Kier alpha value is -5.63. The first-order valence-corrected chi connectivity index (χ1v) is 17.2. The van der Waals surface area contributed by atoms with Crippen LogP contribution in [-0.4, -0.2) is 59.2 Å². The summed E-state index contributed by atoms with van der Waals surface area (Å²) in [5, 5.41) is 32.4. The molecule has 3 N–H and O–H groups in total. The van der Waals surface area contributed by atoms with Crippen molar-refractivity contribution in [2.24, 2.45) is 5.92 Å². The molecular formula is C39H37BrO13. The van der Waals surface area contributed by atoms with Gasteiger partial charge in [-0.1, -0.05) is 0 Å². The number of ether oxygens (including phenoxy) is 5. The van der Waals surface area contributed by atoms with Gasteiger partial charge in [0, 0.05) is 17.7 Å². The van der Waals surface area contributed by atoms with Crippen molar-refractivity contribution >= 4 is 45.6 Å². The maximum atomic E-state index is 13.8. The first-order valence-electron chi connectivity index (χ1n) is 16.4. The normalized spacial score (nSPS) is 15.3. The summed E-state index contributed by atoms with van der Waals surface area (Å²) < 4.78 is 27.6. The highest BCUT2D eigenvalue weighted by molar-refractivity contribution is 9.10. The van der Waals surface area contributed by atoms with E-state index in [0.717, 1.165) is 0 Å². The third-order valence-corrected chi connectivity index (χ3v) is 10.3. The van der Waals surface area contributed by atoms with E-state index >= 15 is 0 Å². The number of esters is 3. The van der Waals surface area contributed by atoms with Gasteiger partial charge in [0.15, 0.2) is 11.5 Å². The van der Waals surface area contributed by atoms with Crippen molar-refractivity contribution in [3.05, 3.63) is 90.2 Å². The fraction of sp³-hybridized carbons (Fsp3) is 0.308. The van der Waals surface area contributed by atoms with Gasteiger partial charge in [-0.15, -0.1) is 0 Å². The number of hydrogen-bond donors (Lipinski definition) is 3. The number of methoxy groups -OCH3 is 2. The summed E-state index contributed by atoms with van der Waals surface area (Å²) in [4.78, 5) is 64.4. The highest BCUT2D eigenvalue weighted by Gasteiger charge is 2.37. The minimum absolute atomic E-state index is 0.0107. The number of carbonyl (C=O) groups excluding carboxylic acids is 4. The van der Waals surface area contributed by atoms with Gasteiger partial charge >= 0.3 is 23.9 Å². The lowest BCUT2D eigenvalue weighted by Crippen LogP contribution is -2.28. The monoisotopic (exact) mass is 792 g/mol. The number of phenols is 2. The minimum Gasteiger partial charge on any atom is -0.507 e. The molecule has 3 aromatic rings. The third kappa shape index (κ3) is 7.10. The summed E-state index contributed by atoms with van der Waals surface area (Å²) >= 11 is 3.25. The smallest absolute Gasteiger partial charge is 0.347 e. The highest BCUT2D eigenvalue weighted by atomic mass is 79.9. The zero-order chi connectivity index (χ0) is 39.2. The molecule has 0 spiro atoms. The maximum Gasteiger partial charge on any atom is 0.347 e. The van der Waals surface area contributed by atoms with Crippen molar-refractivity contribution in [1.29, 1.82) is 0 Å². The number of carboxylic acid groups (broad SMARTS) is 1. The number of halogens is 1. The lowest BCUT2D eigenvalue weighted by atomic mass is 9.92. The van der Waals surface area contributed by atoms with Crippen LogP contribution in [0.2, 0.25) is 0 Å². The average Bonchev–Trinajstić information content (AvgIpc) is 3.92. The molecule has 2 aliphatic carbocycles. The molecule has 278 valence electrons. The molecule has 0 saturated heterocycles. The Bertz CT molecular complexity index is 2160. The van der Waals surface area contributed by atoms with Crippen LogP contribution in [0.3, 0.4) is 0 Å². The van der Waals surface area contributed by atoms with E-state index in [2.05, 4.69) is 15.9 Å². The van der Waals surface area contributed by atoms with Crippen molar-refractivity contribution in [3.63, 3.8) is 0 Å². The number of allylic oxidation sites excluding steroid dienone is 2. The molecule has 1 fully saturated rings. The second kappa shape index (κ2) is 14.8. The summed E-state index contributed by atoms with van der Waals surface area (Å²) in [7, 11) is 2.62. The summed E-state index contributed by atoms with van der Waals surface area (Å²) in [5.74, 6) is -6.47. The summed E-state index contributed by atoms with van der Waals surface area (Å²) in [5.41, 5.74) is 1.60. The molecule has 0 amide bonds. The fourth-order valence-electron chi connectivity index (χ4n) is 6.31. The number of carboxylic acids is 1. The van der Waals surface area contributed by atoms with Crippen molar-refractivity contribution < 1.29 is 63.0 Å². The number of hydrogen-bond acceptors (Lipinski definition) is 12. The van der Waals surface area contributed by atoms with Crippen molar-refractivity contribution in [1.82, 2.24) is 0 Å². The Morgan fingerprint density at radius 3 is 1.91 bits per heavy atom. The summed E-state index contributed by atoms with van der Waals surface area (Å²) in [6, 6.07) is 2.71. The SMILES string of the molecule is COC1=CC(=O)C=C(C)C1C(=O)Oc1c(C)c(C)c(C(=O)Oc2cc(C)c(C(=O)Oc3cc(OC)c(C(=O)O)c(C)c3C)c(O)c2C2CC2)c(O)c1Br. The summed E-state index contributed by atoms with van der Waals surface area (Å²) in [6.07, 6.45) is 3.76. The van der Waals surface area contributed by atoms with Crippen molar-refractivity contribution in [2.45, 2.75) is 60.3 Å². The van der Waals surface area contributed by atoms with Crippen LogP contribution >= 0.6 is 15.9 Å². The molecule has 1 atom stereocenters. The topological polar surface area (TPSA) is 192 Å². The lowest BCUT2D eigenvalue weighted by molar-refractivity contribution is -0.137. The van der Waals surface area contributed by atoms with Crippen LogP contribution in [0.4, 0.5) is 0 Å². The van der Waals surface area contributed by atoms with E-state index < -0.39 is 41.3 Å². The van der Waals surface area contributed by atoms with Crippen molar-refractivity contribution in [3.8, 4) is 34.5 Å².